The monoisotopic (exact) mass is 159 g/mol. The number of hydrogen-bond donors (Lipinski definition) is 0. The molecule has 0 heterocycles. The van der Waals surface area contributed by atoms with Crippen molar-refractivity contribution in [1.29, 1.82) is 0 Å². The highest BCUT2D eigenvalue weighted by Gasteiger charge is 2.17. The largest absolute Gasteiger partial charge is 0.277 e. The highest BCUT2D eigenvalue weighted by Crippen LogP contribution is 2.25. The van der Waals surface area contributed by atoms with E-state index in [4.69, 9.17) is 0 Å². The first kappa shape index (κ1) is 8.98. The lowest BCUT2D eigenvalue weighted by Gasteiger charge is -2.19. The fourth-order valence-corrected chi connectivity index (χ4v) is 1.82. The van der Waals surface area contributed by atoms with E-state index in [0.29, 0.717) is 0 Å². The van der Waals surface area contributed by atoms with Crippen LogP contribution in [0.25, 0.3) is 0 Å². The van der Waals surface area contributed by atoms with Gasteiger partial charge in [-0.15, -0.1) is 0 Å². The molecule has 0 unspecified atom stereocenters. The van der Waals surface area contributed by atoms with Gasteiger partial charge in [-0.1, -0.05) is 19.8 Å². The number of nitrogens with zero attached hydrogens (tertiary/aromatic N) is 1. The lowest BCUT2D eigenvalue weighted by molar-refractivity contribution is 0.168. The second kappa shape index (κ2) is 4.70. The van der Waals surface area contributed by atoms with Crippen molar-refractivity contribution < 1.29 is 4.39 Å². The molecule has 1 aliphatic carbocycles. The Morgan fingerprint density at radius 3 is 2.45 bits per heavy atom. The van der Waals surface area contributed by atoms with Gasteiger partial charge >= 0.3 is 0 Å². The third-order valence-corrected chi connectivity index (χ3v) is 2.61. The predicted octanol–water partition coefficient (Wildman–Crippen LogP) is 2.43. The SMILES string of the molecule is CCN(CF)CC1CCCC1. The minimum Gasteiger partial charge on any atom is -0.277 e. The first-order valence-electron chi connectivity index (χ1n) is 4.65. The number of halogens is 1. The summed E-state index contributed by atoms with van der Waals surface area (Å²) in [5, 5.41) is 0. The Kier molecular flexibility index (Phi) is 3.84. The molecule has 1 fully saturated rings. The summed E-state index contributed by atoms with van der Waals surface area (Å²) in [4.78, 5) is 1.88. The molecule has 66 valence electrons. The van der Waals surface area contributed by atoms with E-state index in [1.165, 1.54) is 25.7 Å². The number of alkyl halides is 1. The van der Waals surface area contributed by atoms with Crippen molar-refractivity contribution in [3.8, 4) is 0 Å². The van der Waals surface area contributed by atoms with E-state index < -0.39 is 0 Å². The van der Waals surface area contributed by atoms with Crippen molar-refractivity contribution in [1.82, 2.24) is 4.90 Å². The zero-order chi connectivity index (χ0) is 8.10. The van der Waals surface area contributed by atoms with Gasteiger partial charge in [-0.3, -0.25) is 4.90 Å². The van der Waals surface area contributed by atoms with Crippen LogP contribution in [0.15, 0.2) is 0 Å². The van der Waals surface area contributed by atoms with E-state index in [1.54, 1.807) is 0 Å². The standard InChI is InChI=1S/C9H18FN/c1-2-11(8-10)7-9-5-3-4-6-9/h9H,2-8H2,1H3. The first-order chi connectivity index (χ1) is 5.36. The number of rotatable bonds is 4. The van der Waals surface area contributed by atoms with Gasteiger partial charge in [-0.2, -0.15) is 0 Å². The van der Waals surface area contributed by atoms with Crippen molar-refractivity contribution in [2.75, 3.05) is 19.9 Å². The Bertz CT molecular complexity index is 95.7. The summed E-state index contributed by atoms with van der Waals surface area (Å²) in [7, 11) is 0. The Labute approximate surface area is 68.6 Å². The molecular weight excluding hydrogens is 141 g/mol. The molecule has 0 spiro atoms. The molecule has 0 bridgehead atoms. The zero-order valence-electron chi connectivity index (χ0n) is 7.35. The van der Waals surface area contributed by atoms with Gasteiger partial charge in [0, 0.05) is 6.54 Å². The quantitative estimate of drug-likeness (QED) is 0.569. The Morgan fingerprint density at radius 2 is 2.00 bits per heavy atom. The van der Waals surface area contributed by atoms with Crippen LogP contribution in [-0.2, 0) is 0 Å². The van der Waals surface area contributed by atoms with Crippen molar-refractivity contribution in [3.63, 3.8) is 0 Å². The lowest BCUT2D eigenvalue weighted by Crippen LogP contribution is -2.27. The maximum Gasteiger partial charge on any atom is 0.143 e. The van der Waals surface area contributed by atoms with Gasteiger partial charge in [-0.05, 0) is 25.3 Å². The minimum atomic E-state index is -0.271. The van der Waals surface area contributed by atoms with Crippen LogP contribution in [0.2, 0.25) is 0 Å². The Morgan fingerprint density at radius 1 is 1.36 bits per heavy atom. The summed E-state index contributed by atoms with van der Waals surface area (Å²) < 4.78 is 12.2. The van der Waals surface area contributed by atoms with Crippen LogP contribution in [0.4, 0.5) is 4.39 Å². The van der Waals surface area contributed by atoms with E-state index >= 15 is 0 Å². The van der Waals surface area contributed by atoms with E-state index in [1.807, 2.05) is 11.8 Å². The molecule has 11 heavy (non-hydrogen) atoms. The molecule has 0 amide bonds. The van der Waals surface area contributed by atoms with Crippen molar-refractivity contribution in [2.45, 2.75) is 32.6 Å². The molecule has 0 aromatic rings. The molecule has 1 rings (SSSR count). The molecule has 0 radical (unpaired) electrons. The van der Waals surface area contributed by atoms with Crippen LogP contribution in [0, 0.1) is 5.92 Å². The van der Waals surface area contributed by atoms with Gasteiger partial charge in [0.25, 0.3) is 0 Å². The maximum atomic E-state index is 12.2. The molecule has 0 saturated heterocycles. The Hall–Kier alpha value is -0.110. The van der Waals surface area contributed by atoms with E-state index in [0.717, 1.165) is 19.0 Å². The lowest BCUT2D eigenvalue weighted by atomic mass is 10.1. The number of hydrogen-bond acceptors (Lipinski definition) is 1. The van der Waals surface area contributed by atoms with E-state index in [2.05, 4.69) is 0 Å². The minimum absolute atomic E-state index is 0.271. The van der Waals surface area contributed by atoms with Crippen molar-refractivity contribution in [2.24, 2.45) is 5.92 Å². The topological polar surface area (TPSA) is 3.24 Å². The molecule has 0 N–H and O–H groups in total. The molecule has 0 aliphatic heterocycles. The highest BCUT2D eigenvalue weighted by atomic mass is 19.1. The first-order valence-corrected chi connectivity index (χ1v) is 4.65. The molecule has 0 atom stereocenters. The average Bonchev–Trinajstić information content (AvgIpc) is 2.52. The fourth-order valence-electron chi connectivity index (χ4n) is 1.82. The van der Waals surface area contributed by atoms with Gasteiger partial charge in [0.05, 0.1) is 0 Å². The molecule has 0 aromatic carbocycles. The Balaban J connectivity index is 2.16. The van der Waals surface area contributed by atoms with Crippen LogP contribution in [0.3, 0.4) is 0 Å². The second-order valence-corrected chi connectivity index (χ2v) is 3.44. The third-order valence-electron chi connectivity index (χ3n) is 2.61. The summed E-state index contributed by atoms with van der Waals surface area (Å²) >= 11 is 0. The molecule has 2 heteroatoms. The molecule has 1 saturated carbocycles. The van der Waals surface area contributed by atoms with Crippen LogP contribution in [0.5, 0.6) is 0 Å². The molecular formula is C9H18FN. The summed E-state index contributed by atoms with van der Waals surface area (Å²) in [6.07, 6.45) is 5.34. The van der Waals surface area contributed by atoms with Gasteiger partial charge in [0.2, 0.25) is 0 Å². The zero-order valence-corrected chi connectivity index (χ0v) is 7.35. The molecule has 0 aromatic heterocycles. The fraction of sp³-hybridized carbons (Fsp3) is 1.00. The summed E-state index contributed by atoms with van der Waals surface area (Å²) in [5.41, 5.74) is 0. The van der Waals surface area contributed by atoms with E-state index in [-0.39, 0.29) is 6.80 Å². The summed E-state index contributed by atoms with van der Waals surface area (Å²) in [6.45, 7) is 3.58. The van der Waals surface area contributed by atoms with Crippen molar-refractivity contribution in [3.05, 3.63) is 0 Å². The van der Waals surface area contributed by atoms with Crippen LogP contribution in [-0.4, -0.2) is 24.8 Å². The van der Waals surface area contributed by atoms with E-state index in [9.17, 15) is 4.39 Å². The third kappa shape index (κ3) is 2.78. The van der Waals surface area contributed by atoms with Crippen LogP contribution >= 0.6 is 0 Å². The summed E-state index contributed by atoms with van der Waals surface area (Å²) in [5.74, 6) is 0.783. The molecule has 1 nitrogen and oxygen atoms in total. The maximum absolute atomic E-state index is 12.2. The smallest absolute Gasteiger partial charge is 0.143 e. The van der Waals surface area contributed by atoms with Crippen LogP contribution < -0.4 is 0 Å². The summed E-state index contributed by atoms with van der Waals surface area (Å²) in [6, 6.07) is 0. The highest BCUT2D eigenvalue weighted by molar-refractivity contribution is 4.70. The average molecular weight is 159 g/mol. The van der Waals surface area contributed by atoms with Gasteiger partial charge < -0.3 is 0 Å². The normalized spacial score (nSPS) is 19.9. The van der Waals surface area contributed by atoms with Gasteiger partial charge in [0.1, 0.15) is 6.80 Å². The molecule has 1 aliphatic rings. The van der Waals surface area contributed by atoms with Crippen LogP contribution in [0.1, 0.15) is 32.6 Å². The second-order valence-electron chi connectivity index (χ2n) is 3.44. The van der Waals surface area contributed by atoms with Gasteiger partial charge in [-0.25, -0.2) is 4.39 Å². The van der Waals surface area contributed by atoms with Gasteiger partial charge in [0.15, 0.2) is 0 Å². The van der Waals surface area contributed by atoms with Crippen molar-refractivity contribution >= 4 is 0 Å². The predicted molar refractivity (Wildman–Crippen MR) is 45.2 cm³/mol.